The molecule has 4 unspecified atom stereocenters. The summed E-state index contributed by atoms with van der Waals surface area (Å²) in [7, 11) is 0. The minimum atomic E-state index is -0.629. The first-order valence-corrected chi connectivity index (χ1v) is 10.0. The van der Waals surface area contributed by atoms with Crippen molar-refractivity contribution in [3.05, 3.63) is 76.8 Å². The van der Waals surface area contributed by atoms with E-state index in [1.807, 2.05) is 35.2 Å². The molecule has 5 rings (SSSR count). The van der Waals surface area contributed by atoms with E-state index in [2.05, 4.69) is 15.9 Å². The van der Waals surface area contributed by atoms with Gasteiger partial charge in [-0.15, -0.1) is 0 Å². The number of ketones is 1. The van der Waals surface area contributed by atoms with Crippen molar-refractivity contribution in [1.82, 2.24) is 4.90 Å². The zero-order valence-corrected chi connectivity index (χ0v) is 16.5. The quantitative estimate of drug-likeness (QED) is 0.694. The van der Waals surface area contributed by atoms with Crippen LogP contribution >= 0.6 is 15.9 Å². The lowest BCUT2D eigenvalue weighted by Gasteiger charge is -2.33. The fourth-order valence-electron chi connectivity index (χ4n) is 4.70. The third kappa shape index (κ3) is 2.52. The summed E-state index contributed by atoms with van der Waals surface area (Å²) in [4.78, 5) is 42.4. The third-order valence-electron chi connectivity index (χ3n) is 5.89. The lowest BCUT2D eigenvalue weighted by atomic mass is 9.90. The highest BCUT2D eigenvalue weighted by Gasteiger charge is 2.64. The lowest BCUT2D eigenvalue weighted by Crippen LogP contribution is -2.48. The Morgan fingerprint density at radius 3 is 2.25 bits per heavy atom. The van der Waals surface area contributed by atoms with Crippen LogP contribution in [-0.4, -0.2) is 34.6 Å². The minimum absolute atomic E-state index is 0.100. The number of halogens is 1. The highest BCUT2D eigenvalue weighted by atomic mass is 79.9. The number of imide groups is 1. The van der Waals surface area contributed by atoms with Crippen LogP contribution in [-0.2, 0) is 20.9 Å². The molecule has 140 valence electrons. The van der Waals surface area contributed by atoms with Crippen LogP contribution in [0.5, 0.6) is 0 Å². The van der Waals surface area contributed by atoms with Crippen LogP contribution in [0.3, 0.4) is 0 Å². The highest BCUT2D eigenvalue weighted by Crippen LogP contribution is 2.47. The molecule has 3 aliphatic heterocycles. The first kappa shape index (κ1) is 17.5. The van der Waals surface area contributed by atoms with Crippen LogP contribution in [0, 0.1) is 11.8 Å². The van der Waals surface area contributed by atoms with Crippen molar-refractivity contribution in [2.24, 2.45) is 11.8 Å². The first-order chi connectivity index (χ1) is 13.6. The van der Waals surface area contributed by atoms with Gasteiger partial charge in [0.15, 0.2) is 5.78 Å². The maximum atomic E-state index is 13.2. The molecule has 0 aliphatic carbocycles. The molecular weight excluding hydrogens is 420 g/mol. The number of amides is 2. The van der Waals surface area contributed by atoms with Crippen LogP contribution in [0.25, 0.3) is 0 Å². The SMILES string of the molecule is O=C1C=CC2C3C(=O)N(c4ccccc4)C(=O)C3C1N2Cc1ccc(Br)cc1. The largest absolute Gasteiger partial charge is 0.293 e. The average Bonchev–Trinajstić information content (AvgIpc) is 3.08. The van der Waals surface area contributed by atoms with Gasteiger partial charge in [0, 0.05) is 17.1 Å². The summed E-state index contributed by atoms with van der Waals surface area (Å²) in [6.45, 7) is 0.525. The molecule has 2 fully saturated rings. The molecule has 3 aliphatic rings. The number of carbonyl (C=O) groups is 3. The number of anilines is 1. The monoisotopic (exact) mass is 436 g/mol. The van der Waals surface area contributed by atoms with Gasteiger partial charge in [0.1, 0.15) is 0 Å². The van der Waals surface area contributed by atoms with Crippen LogP contribution in [0.15, 0.2) is 71.2 Å². The third-order valence-corrected chi connectivity index (χ3v) is 6.42. The maximum Gasteiger partial charge on any atom is 0.239 e. The van der Waals surface area contributed by atoms with Crippen molar-refractivity contribution in [3.8, 4) is 0 Å². The fourth-order valence-corrected chi connectivity index (χ4v) is 4.96. The number of benzene rings is 2. The number of hydrogen-bond donors (Lipinski definition) is 0. The molecule has 2 aromatic rings. The van der Waals surface area contributed by atoms with Crippen molar-refractivity contribution >= 4 is 39.2 Å². The minimum Gasteiger partial charge on any atom is -0.293 e. The zero-order valence-electron chi connectivity index (χ0n) is 14.9. The van der Waals surface area contributed by atoms with Crippen molar-refractivity contribution < 1.29 is 14.4 Å². The molecular formula is C22H17BrN2O3. The molecule has 6 heteroatoms. The first-order valence-electron chi connectivity index (χ1n) is 9.21. The Labute approximate surface area is 170 Å². The number of para-hydroxylation sites is 1. The predicted molar refractivity (Wildman–Crippen MR) is 107 cm³/mol. The van der Waals surface area contributed by atoms with Crippen LogP contribution < -0.4 is 4.90 Å². The summed E-state index contributed by atoms with van der Waals surface area (Å²) in [6, 6.07) is 16.0. The zero-order chi connectivity index (χ0) is 19.4. The van der Waals surface area contributed by atoms with Gasteiger partial charge < -0.3 is 0 Å². The number of carbonyl (C=O) groups excluding carboxylic acids is 3. The van der Waals surface area contributed by atoms with Gasteiger partial charge in [-0.1, -0.05) is 52.3 Å². The smallest absolute Gasteiger partial charge is 0.239 e. The van der Waals surface area contributed by atoms with E-state index in [4.69, 9.17) is 0 Å². The molecule has 2 saturated heterocycles. The Kier molecular flexibility index (Phi) is 4.07. The molecule has 0 saturated carbocycles. The van der Waals surface area contributed by atoms with E-state index in [-0.39, 0.29) is 23.6 Å². The van der Waals surface area contributed by atoms with Gasteiger partial charge in [0.2, 0.25) is 11.8 Å². The predicted octanol–water partition coefficient (Wildman–Crippen LogP) is 2.95. The van der Waals surface area contributed by atoms with Crippen LogP contribution in [0.4, 0.5) is 5.69 Å². The van der Waals surface area contributed by atoms with Gasteiger partial charge >= 0.3 is 0 Å². The number of nitrogens with zero attached hydrogens (tertiary/aromatic N) is 2. The second-order valence-electron chi connectivity index (χ2n) is 7.39. The van der Waals surface area contributed by atoms with E-state index in [1.165, 1.54) is 4.90 Å². The van der Waals surface area contributed by atoms with E-state index in [0.29, 0.717) is 12.2 Å². The van der Waals surface area contributed by atoms with Crippen LogP contribution in [0.2, 0.25) is 0 Å². The van der Waals surface area contributed by atoms with Gasteiger partial charge in [-0.05, 0) is 35.9 Å². The Balaban J connectivity index is 1.51. The summed E-state index contributed by atoms with van der Waals surface area (Å²) in [5.74, 6) is -1.73. The summed E-state index contributed by atoms with van der Waals surface area (Å²) in [5, 5.41) is 0. The number of hydrogen-bond acceptors (Lipinski definition) is 4. The van der Waals surface area contributed by atoms with Crippen molar-refractivity contribution in [2.75, 3.05) is 4.90 Å². The highest BCUT2D eigenvalue weighted by molar-refractivity contribution is 9.10. The van der Waals surface area contributed by atoms with Gasteiger partial charge in [-0.2, -0.15) is 0 Å². The van der Waals surface area contributed by atoms with Gasteiger partial charge in [-0.3, -0.25) is 19.3 Å². The standard InChI is InChI=1S/C22H17BrN2O3/c23-14-8-6-13(7-9-14)12-24-16-10-11-17(26)20(24)19-18(16)21(27)25(22(19)28)15-4-2-1-3-5-15/h1-11,16,18-20H,12H2. The molecule has 5 nitrogen and oxygen atoms in total. The Hall–Kier alpha value is -2.57. The topological polar surface area (TPSA) is 57.7 Å². The molecule has 3 heterocycles. The van der Waals surface area contributed by atoms with Gasteiger partial charge in [-0.25, -0.2) is 4.90 Å². The van der Waals surface area contributed by atoms with E-state index >= 15 is 0 Å². The summed E-state index contributed by atoms with van der Waals surface area (Å²) in [5.41, 5.74) is 1.61. The number of rotatable bonds is 3. The normalized spacial score (nSPS) is 28.9. The van der Waals surface area contributed by atoms with E-state index in [0.717, 1.165) is 10.0 Å². The lowest BCUT2D eigenvalue weighted by molar-refractivity contribution is -0.129. The molecule has 0 spiro atoms. The summed E-state index contributed by atoms with van der Waals surface area (Å²) >= 11 is 3.43. The molecule has 0 radical (unpaired) electrons. The summed E-state index contributed by atoms with van der Waals surface area (Å²) in [6.07, 6.45) is 3.33. The molecule has 4 atom stereocenters. The molecule has 0 aromatic heterocycles. The van der Waals surface area contributed by atoms with Crippen molar-refractivity contribution in [1.29, 1.82) is 0 Å². The van der Waals surface area contributed by atoms with E-state index in [9.17, 15) is 14.4 Å². The van der Waals surface area contributed by atoms with Gasteiger partial charge in [0.25, 0.3) is 0 Å². The average molecular weight is 437 g/mol. The Bertz CT molecular complexity index is 1000. The van der Waals surface area contributed by atoms with Gasteiger partial charge in [0.05, 0.1) is 23.6 Å². The second kappa shape index (κ2) is 6.50. The molecule has 2 amide bonds. The van der Waals surface area contributed by atoms with E-state index in [1.54, 1.807) is 36.4 Å². The molecule has 28 heavy (non-hydrogen) atoms. The maximum absolute atomic E-state index is 13.2. The van der Waals surface area contributed by atoms with Crippen molar-refractivity contribution in [2.45, 2.75) is 18.6 Å². The second-order valence-corrected chi connectivity index (χ2v) is 8.31. The number of fused-ring (bicyclic) bond motifs is 5. The molecule has 0 N–H and O–H groups in total. The van der Waals surface area contributed by atoms with Crippen LogP contribution in [0.1, 0.15) is 5.56 Å². The Morgan fingerprint density at radius 2 is 1.54 bits per heavy atom. The van der Waals surface area contributed by atoms with E-state index < -0.39 is 17.9 Å². The van der Waals surface area contributed by atoms with Crippen molar-refractivity contribution in [3.63, 3.8) is 0 Å². The fraction of sp³-hybridized carbons (Fsp3) is 0.227. The molecule has 2 bridgehead atoms. The Morgan fingerprint density at radius 1 is 0.857 bits per heavy atom. The molecule has 2 aromatic carbocycles. The summed E-state index contributed by atoms with van der Waals surface area (Å²) < 4.78 is 0.981.